The van der Waals surface area contributed by atoms with Crippen molar-refractivity contribution in [3.63, 3.8) is 0 Å². The first-order valence-corrected chi connectivity index (χ1v) is 5.69. The molecule has 0 unspecified atom stereocenters. The van der Waals surface area contributed by atoms with Crippen LogP contribution in [-0.2, 0) is 4.79 Å². The summed E-state index contributed by atoms with van der Waals surface area (Å²) in [5.41, 5.74) is 1.94. The van der Waals surface area contributed by atoms with E-state index >= 15 is 0 Å². The maximum atomic E-state index is 11.0. The van der Waals surface area contributed by atoms with Crippen molar-refractivity contribution in [1.82, 2.24) is 9.97 Å². The number of aromatic nitrogens is 2. The van der Waals surface area contributed by atoms with Crippen LogP contribution in [0.1, 0.15) is 24.2 Å². The molecular formula is C11H12N2OS. The first kappa shape index (κ1) is 10.4. The van der Waals surface area contributed by atoms with Gasteiger partial charge in [-0.2, -0.15) is 0 Å². The number of carbonyl (C=O) groups is 1. The Kier molecular flexibility index (Phi) is 2.86. The van der Waals surface area contributed by atoms with Crippen LogP contribution < -0.4 is 0 Å². The third-order valence-corrected chi connectivity index (χ3v) is 3.07. The van der Waals surface area contributed by atoms with E-state index in [4.69, 9.17) is 0 Å². The number of allylic oxidation sites excluding steroid dienone is 2. The van der Waals surface area contributed by atoms with E-state index in [1.54, 1.807) is 6.08 Å². The highest BCUT2D eigenvalue weighted by molar-refractivity contribution is 8.03. The minimum atomic E-state index is 0.210. The van der Waals surface area contributed by atoms with Gasteiger partial charge in [0.1, 0.15) is 0 Å². The van der Waals surface area contributed by atoms with Gasteiger partial charge >= 0.3 is 0 Å². The van der Waals surface area contributed by atoms with E-state index in [1.807, 2.05) is 19.9 Å². The Morgan fingerprint density at radius 2 is 1.87 bits per heavy atom. The van der Waals surface area contributed by atoms with Crippen molar-refractivity contribution in [2.45, 2.75) is 31.8 Å². The molecule has 15 heavy (non-hydrogen) atoms. The van der Waals surface area contributed by atoms with Gasteiger partial charge in [0.05, 0.1) is 0 Å². The van der Waals surface area contributed by atoms with Crippen molar-refractivity contribution in [3.05, 3.63) is 28.4 Å². The van der Waals surface area contributed by atoms with Gasteiger partial charge in [0.2, 0.25) is 0 Å². The van der Waals surface area contributed by atoms with Crippen molar-refractivity contribution in [3.8, 4) is 0 Å². The van der Waals surface area contributed by atoms with Crippen LogP contribution in [0.3, 0.4) is 0 Å². The predicted molar refractivity (Wildman–Crippen MR) is 59.7 cm³/mol. The number of hydrogen-bond acceptors (Lipinski definition) is 4. The average Bonchev–Trinajstić information content (AvgIpc) is 2.49. The van der Waals surface area contributed by atoms with E-state index < -0.39 is 0 Å². The number of nitrogens with zero attached hydrogens (tertiary/aromatic N) is 2. The Hall–Kier alpha value is -1.16. The molecule has 0 amide bonds. The maximum Gasteiger partial charge on any atom is 0.192 e. The molecule has 0 saturated heterocycles. The lowest BCUT2D eigenvalue weighted by atomic mass is 10.3. The van der Waals surface area contributed by atoms with Crippen LogP contribution in [0, 0.1) is 13.8 Å². The second-order valence-corrected chi connectivity index (χ2v) is 4.71. The summed E-state index contributed by atoms with van der Waals surface area (Å²) in [5, 5.41) is 0.744. The number of carbonyl (C=O) groups excluding carboxylic acids is 1. The second kappa shape index (κ2) is 4.14. The predicted octanol–water partition coefficient (Wildman–Crippen LogP) is 2.43. The van der Waals surface area contributed by atoms with E-state index in [9.17, 15) is 4.79 Å². The van der Waals surface area contributed by atoms with Gasteiger partial charge < -0.3 is 0 Å². The van der Waals surface area contributed by atoms with Gasteiger partial charge in [-0.1, -0.05) is 11.8 Å². The average molecular weight is 220 g/mol. The van der Waals surface area contributed by atoms with Crippen molar-refractivity contribution in [2.24, 2.45) is 0 Å². The van der Waals surface area contributed by atoms with E-state index in [-0.39, 0.29) is 5.78 Å². The molecule has 0 N–H and O–H groups in total. The topological polar surface area (TPSA) is 42.9 Å². The summed E-state index contributed by atoms with van der Waals surface area (Å²) in [4.78, 5) is 20.8. The summed E-state index contributed by atoms with van der Waals surface area (Å²) < 4.78 is 0. The number of aryl methyl sites for hydroxylation is 2. The highest BCUT2D eigenvalue weighted by atomic mass is 32.2. The molecule has 1 aromatic rings. The lowest BCUT2D eigenvalue weighted by Gasteiger charge is -2.02. The molecular weight excluding hydrogens is 208 g/mol. The largest absolute Gasteiger partial charge is 0.295 e. The van der Waals surface area contributed by atoms with Crippen LogP contribution in [0.2, 0.25) is 0 Å². The normalized spacial score (nSPS) is 15.6. The molecule has 1 aromatic heterocycles. The number of hydrogen-bond donors (Lipinski definition) is 0. The maximum absolute atomic E-state index is 11.0. The van der Waals surface area contributed by atoms with Crippen LogP contribution in [0.4, 0.5) is 0 Å². The van der Waals surface area contributed by atoms with Gasteiger partial charge in [0.15, 0.2) is 10.9 Å². The molecule has 2 rings (SSSR count). The molecule has 0 aliphatic heterocycles. The molecule has 0 radical (unpaired) electrons. The van der Waals surface area contributed by atoms with Crippen LogP contribution in [0.25, 0.3) is 0 Å². The molecule has 0 spiro atoms. The number of thioether (sulfide) groups is 1. The lowest BCUT2D eigenvalue weighted by Crippen LogP contribution is -1.92. The van der Waals surface area contributed by atoms with Crippen molar-refractivity contribution < 1.29 is 4.79 Å². The van der Waals surface area contributed by atoms with Crippen molar-refractivity contribution in [2.75, 3.05) is 0 Å². The third-order valence-electron chi connectivity index (χ3n) is 2.12. The summed E-state index contributed by atoms with van der Waals surface area (Å²) in [6.45, 7) is 3.90. The summed E-state index contributed by atoms with van der Waals surface area (Å²) in [7, 11) is 0. The zero-order valence-corrected chi connectivity index (χ0v) is 9.60. The smallest absolute Gasteiger partial charge is 0.192 e. The minimum Gasteiger partial charge on any atom is -0.295 e. The monoisotopic (exact) mass is 220 g/mol. The van der Waals surface area contributed by atoms with Crippen LogP contribution >= 0.6 is 11.8 Å². The van der Waals surface area contributed by atoms with E-state index in [0.717, 1.165) is 27.9 Å². The summed E-state index contributed by atoms with van der Waals surface area (Å²) in [6, 6.07) is 1.94. The molecule has 0 atom stereocenters. The summed E-state index contributed by atoms with van der Waals surface area (Å²) in [6.07, 6.45) is 3.17. The quantitative estimate of drug-likeness (QED) is 0.718. The van der Waals surface area contributed by atoms with Gasteiger partial charge in [-0.25, -0.2) is 9.97 Å². The molecule has 78 valence electrons. The molecule has 4 heteroatoms. The molecule has 1 heterocycles. The lowest BCUT2D eigenvalue weighted by molar-refractivity contribution is -0.114. The van der Waals surface area contributed by atoms with E-state index in [2.05, 4.69) is 9.97 Å². The van der Waals surface area contributed by atoms with Gasteiger partial charge in [-0.15, -0.1) is 0 Å². The summed E-state index contributed by atoms with van der Waals surface area (Å²) >= 11 is 1.50. The Morgan fingerprint density at radius 1 is 1.20 bits per heavy atom. The first-order valence-electron chi connectivity index (χ1n) is 4.87. The highest BCUT2D eigenvalue weighted by Gasteiger charge is 2.14. The standard InChI is InChI=1S/C11H12N2OS/c1-7-5-8(2)13-11(12-7)15-10-4-3-9(14)6-10/h5-6H,3-4H2,1-2H3. The zero-order chi connectivity index (χ0) is 10.8. The number of rotatable bonds is 2. The molecule has 0 bridgehead atoms. The molecule has 1 aliphatic rings. The van der Waals surface area contributed by atoms with Crippen molar-refractivity contribution >= 4 is 17.5 Å². The highest BCUT2D eigenvalue weighted by Crippen LogP contribution is 2.31. The van der Waals surface area contributed by atoms with Crippen LogP contribution in [-0.4, -0.2) is 15.8 Å². The van der Waals surface area contributed by atoms with Crippen LogP contribution in [0.5, 0.6) is 0 Å². The SMILES string of the molecule is Cc1cc(C)nc(SC2=CC(=O)CC2)n1. The molecule has 1 aliphatic carbocycles. The molecule has 0 fully saturated rings. The Labute approximate surface area is 93.0 Å². The van der Waals surface area contributed by atoms with Crippen LogP contribution in [0.15, 0.2) is 22.2 Å². The van der Waals surface area contributed by atoms with Gasteiger partial charge in [-0.05, 0) is 37.3 Å². The zero-order valence-electron chi connectivity index (χ0n) is 8.78. The molecule has 0 aromatic carbocycles. The van der Waals surface area contributed by atoms with Gasteiger partial charge in [-0.3, -0.25) is 4.79 Å². The molecule has 0 saturated carbocycles. The van der Waals surface area contributed by atoms with Gasteiger partial charge in [0.25, 0.3) is 0 Å². The second-order valence-electron chi connectivity index (χ2n) is 3.61. The van der Waals surface area contributed by atoms with E-state index in [0.29, 0.717) is 6.42 Å². The van der Waals surface area contributed by atoms with Gasteiger partial charge in [0, 0.05) is 17.8 Å². The Balaban J connectivity index is 2.17. The third kappa shape index (κ3) is 2.65. The summed E-state index contributed by atoms with van der Waals surface area (Å²) in [5.74, 6) is 0.210. The fourth-order valence-corrected chi connectivity index (χ4v) is 2.52. The number of ketones is 1. The fraction of sp³-hybridized carbons (Fsp3) is 0.364. The Bertz CT molecular complexity index is 420. The minimum absolute atomic E-state index is 0.210. The molecule has 3 nitrogen and oxygen atoms in total. The fourth-order valence-electron chi connectivity index (χ4n) is 1.51. The first-order chi connectivity index (χ1) is 7.13. The van der Waals surface area contributed by atoms with E-state index in [1.165, 1.54) is 11.8 Å². The van der Waals surface area contributed by atoms with Crippen molar-refractivity contribution in [1.29, 1.82) is 0 Å². The Morgan fingerprint density at radius 3 is 2.40 bits per heavy atom.